The fraction of sp³-hybridized carbons (Fsp3) is 0.692. The van der Waals surface area contributed by atoms with Gasteiger partial charge in [0.1, 0.15) is 4.90 Å². The molecule has 0 aliphatic heterocycles. The van der Waals surface area contributed by atoms with Crippen LogP contribution in [0.1, 0.15) is 26.5 Å². The van der Waals surface area contributed by atoms with Crippen LogP contribution in [0.15, 0.2) is 17.2 Å². The maximum absolute atomic E-state index is 12.6. The van der Waals surface area contributed by atoms with Crippen molar-refractivity contribution in [3.63, 3.8) is 0 Å². The van der Waals surface area contributed by atoms with Crippen LogP contribution in [0, 0.1) is 0 Å². The molecule has 0 unspecified atom stereocenters. The first kappa shape index (κ1) is 17.5. The van der Waals surface area contributed by atoms with Crippen LogP contribution in [0.5, 0.6) is 0 Å². The molecule has 0 saturated carbocycles. The highest BCUT2D eigenvalue weighted by atomic mass is 35.5. The molecule has 0 aliphatic carbocycles. The minimum atomic E-state index is -3.48. The van der Waals surface area contributed by atoms with Crippen molar-refractivity contribution >= 4 is 21.6 Å². The van der Waals surface area contributed by atoms with Gasteiger partial charge in [-0.05, 0) is 19.9 Å². The van der Waals surface area contributed by atoms with E-state index in [1.54, 1.807) is 12.3 Å². The lowest BCUT2D eigenvalue weighted by molar-refractivity contribution is 0.135. The van der Waals surface area contributed by atoms with Crippen molar-refractivity contribution in [3.05, 3.63) is 18.0 Å². The number of alkyl halides is 1. The van der Waals surface area contributed by atoms with E-state index in [1.165, 1.54) is 4.31 Å². The topological polar surface area (TPSA) is 51.5 Å². The molecule has 1 heterocycles. The summed E-state index contributed by atoms with van der Waals surface area (Å²) in [6.45, 7) is 8.13. The molecule has 1 aromatic rings. The number of rotatable bonds is 9. The molecule has 0 aromatic carbocycles. The van der Waals surface area contributed by atoms with Crippen LogP contribution in [0.25, 0.3) is 0 Å². The number of aryl methyl sites for hydroxylation is 1. The largest absolute Gasteiger partial charge is 0.380 e. The zero-order chi connectivity index (χ0) is 15.2. The highest BCUT2D eigenvalue weighted by molar-refractivity contribution is 7.89. The zero-order valence-electron chi connectivity index (χ0n) is 12.3. The molecule has 1 aromatic heterocycles. The second-order valence-electron chi connectivity index (χ2n) is 4.28. The second-order valence-corrected chi connectivity index (χ2v) is 6.49. The van der Waals surface area contributed by atoms with Gasteiger partial charge in [0.25, 0.3) is 0 Å². The number of hydrogen-bond acceptors (Lipinski definition) is 3. The molecule has 1 rings (SSSR count). The van der Waals surface area contributed by atoms with Crippen LogP contribution >= 0.6 is 11.6 Å². The van der Waals surface area contributed by atoms with E-state index in [1.807, 2.05) is 25.3 Å². The Balaban J connectivity index is 2.98. The average molecular weight is 323 g/mol. The van der Waals surface area contributed by atoms with Gasteiger partial charge in [0, 0.05) is 38.1 Å². The SMILES string of the molecule is CCOCCN(CC)S(=O)(=O)c1cc(CCl)n(CC)c1. The first-order valence-corrected chi connectivity index (χ1v) is 8.81. The summed E-state index contributed by atoms with van der Waals surface area (Å²) in [5.74, 6) is 0.300. The van der Waals surface area contributed by atoms with Crippen molar-refractivity contribution in [1.82, 2.24) is 8.87 Å². The van der Waals surface area contributed by atoms with Crippen molar-refractivity contribution in [1.29, 1.82) is 0 Å². The van der Waals surface area contributed by atoms with E-state index in [4.69, 9.17) is 16.3 Å². The molecule has 0 aliphatic rings. The Hall–Kier alpha value is -0.560. The highest BCUT2D eigenvalue weighted by Gasteiger charge is 2.24. The van der Waals surface area contributed by atoms with E-state index in [-0.39, 0.29) is 0 Å². The predicted octanol–water partition coefficient (Wildman–Crippen LogP) is 2.29. The van der Waals surface area contributed by atoms with Gasteiger partial charge in [-0.3, -0.25) is 0 Å². The molecule has 0 spiro atoms. The van der Waals surface area contributed by atoms with Crippen molar-refractivity contribution in [2.75, 3.05) is 26.3 Å². The number of sulfonamides is 1. The minimum absolute atomic E-state index is 0.299. The first-order valence-electron chi connectivity index (χ1n) is 6.84. The van der Waals surface area contributed by atoms with E-state index in [9.17, 15) is 8.42 Å². The molecule has 5 nitrogen and oxygen atoms in total. The van der Waals surface area contributed by atoms with Gasteiger partial charge < -0.3 is 9.30 Å². The van der Waals surface area contributed by atoms with Gasteiger partial charge in [0.2, 0.25) is 10.0 Å². The maximum atomic E-state index is 12.6. The monoisotopic (exact) mass is 322 g/mol. The van der Waals surface area contributed by atoms with Crippen LogP contribution in [0.4, 0.5) is 0 Å². The smallest absolute Gasteiger partial charge is 0.244 e. The molecule has 0 radical (unpaired) electrons. The van der Waals surface area contributed by atoms with Crippen LogP contribution in [0.2, 0.25) is 0 Å². The number of nitrogens with zero attached hydrogens (tertiary/aromatic N) is 2. The highest BCUT2D eigenvalue weighted by Crippen LogP contribution is 2.20. The molecule has 116 valence electrons. The minimum Gasteiger partial charge on any atom is -0.380 e. The summed E-state index contributed by atoms with van der Waals surface area (Å²) in [7, 11) is -3.48. The Kier molecular flexibility index (Phi) is 7.02. The fourth-order valence-corrected chi connectivity index (χ4v) is 3.71. The molecule has 20 heavy (non-hydrogen) atoms. The third-order valence-corrected chi connectivity index (χ3v) is 5.33. The van der Waals surface area contributed by atoms with Gasteiger partial charge in [0.05, 0.1) is 12.5 Å². The molecule has 0 bridgehead atoms. The summed E-state index contributed by atoms with van der Waals surface area (Å²) in [4.78, 5) is 0.299. The van der Waals surface area contributed by atoms with E-state index in [0.29, 0.717) is 43.6 Å². The van der Waals surface area contributed by atoms with Gasteiger partial charge in [0.15, 0.2) is 0 Å². The zero-order valence-corrected chi connectivity index (χ0v) is 13.9. The summed E-state index contributed by atoms with van der Waals surface area (Å²) >= 11 is 5.84. The fourth-order valence-electron chi connectivity index (χ4n) is 1.98. The molecule has 7 heteroatoms. The Bertz CT molecular complexity index is 492. The van der Waals surface area contributed by atoms with Crippen molar-refractivity contribution in [3.8, 4) is 0 Å². The summed E-state index contributed by atoms with van der Waals surface area (Å²) in [6, 6.07) is 1.65. The molecule has 0 N–H and O–H groups in total. The van der Waals surface area contributed by atoms with Gasteiger partial charge in [-0.15, -0.1) is 11.6 Å². The first-order chi connectivity index (χ1) is 9.51. The Morgan fingerprint density at radius 1 is 1.35 bits per heavy atom. The number of aromatic nitrogens is 1. The van der Waals surface area contributed by atoms with Crippen molar-refractivity contribution in [2.24, 2.45) is 0 Å². The predicted molar refractivity (Wildman–Crippen MR) is 80.6 cm³/mol. The average Bonchev–Trinajstić information content (AvgIpc) is 2.87. The molecular formula is C13H23ClN2O3S. The standard InChI is InChI=1S/C13H23ClN2O3S/c1-4-15-11-13(9-12(15)10-14)20(17,18)16(5-2)7-8-19-6-3/h9,11H,4-8,10H2,1-3H3. The summed E-state index contributed by atoms with van der Waals surface area (Å²) in [6.07, 6.45) is 1.65. The molecule has 0 fully saturated rings. The lowest BCUT2D eigenvalue weighted by Crippen LogP contribution is -2.33. The van der Waals surface area contributed by atoms with Crippen LogP contribution < -0.4 is 0 Å². The number of halogens is 1. The quantitative estimate of drug-likeness (QED) is 0.518. The molecular weight excluding hydrogens is 300 g/mol. The molecule has 0 saturated heterocycles. The summed E-state index contributed by atoms with van der Waals surface area (Å²) in [5.41, 5.74) is 0.814. The normalized spacial score (nSPS) is 12.2. The molecule has 0 atom stereocenters. The van der Waals surface area contributed by atoms with Gasteiger partial charge >= 0.3 is 0 Å². The third-order valence-electron chi connectivity index (χ3n) is 3.12. The number of hydrogen-bond donors (Lipinski definition) is 0. The van der Waals surface area contributed by atoms with E-state index in [2.05, 4.69) is 0 Å². The Labute approximate surface area is 126 Å². The second kappa shape index (κ2) is 8.02. The lowest BCUT2D eigenvalue weighted by atomic mass is 10.5. The number of likely N-dealkylation sites (N-methyl/N-ethyl adjacent to an activating group) is 1. The third kappa shape index (κ3) is 3.97. The van der Waals surface area contributed by atoms with Crippen LogP contribution in [-0.2, 0) is 27.2 Å². The summed E-state index contributed by atoms with van der Waals surface area (Å²) in [5, 5.41) is 0. The molecule has 0 amide bonds. The van der Waals surface area contributed by atoms with E-state index >= 15 is 0 Å². The van der Waals surface area contributed by atoms with Gasteiger partial charge in [-0.25, -0.2) is 8.42 Å². The van der Waals surface area contributed by atoms with Crippen molar-refractivity contribution < 1.29 is 13.2 Å². The van der Waals surface area contributed by atoms with Crippen LogP contribution in [-0.4, -0.2) is 43.6 Å². The Morgan fingerprint density at radius 3 is 2.50 bits per heavy atom. The van der Waals surface area contributed by atoms with Crippen LogP contribution in [0.3, 0.4) is 0 Å². The van der Waals surface area contributed by atoms with Gasteiger partial charge in [-0.1, -0.05) is 6.92 Å². The van der Waals surface area contributed by atoms with Crippen molar-refractivity contribution in [2.45, 2.75) is 38.1 Å². The van der Waals surface area contributed by atoms with E-state index < -0.39 is 10.0 Å². The number of ether oxygens (including phenoxy) is 1. The summed E-state index contributed by atoms with van der Waals surface area (Å²) < 4.78 is 33.7. The van der Waals surface area contributed by atoms with E-state index in [0.717, 1.165) is 5.69 Å². The Morgan fingerprint density at radius 2 is 2.05 bits per heavy atom. The van der Waals surface area contributed by atoms with Gasteiger partial charge in [-0.2, -0.15) is 4.31 Å². The maximum Gasteiger partial charge on any atom is 0.244 e. The lowest BCUT2D eigenvalue weighted by Gasteiger charge is -2.19.